The molecule has 0 saturated carbocycles. The highest BCUT2D eigenvalue weighted by atomic mass is 127. The van der Waals surface area contributed by atoms with Crippen LogP contribution in [0.1, 0.15) is 36.7 Å². The Balaban J connectivity index is 0.00000261. The van der Waals surface area contributed by atoms with Crippen molar-refractivity contribution in [3.63, 3.8) is 0 Å². The lowest BCUT2D eigenvalue weighted by Gasteiger charge is -2.24. The van der Waals surface area contributed by atoms with Gasteiger partial charge in [0.1, 0.15) is 0 Å². The highest BCUT2D eigenvalue weighted by Crippen LogP contribution is 2.23. The molecule has 1 unspecified atom stereocenters. The fourth-order valence-electron chi connectivity index (χ4n) is 3.16. The molecule has 2 aromatic rings. The lowest BCUT2D eigenvalue weighted by atomic mass is 10.0. The molecule has 27 heavy (non-hydrogen) atoms. The molecule has 1 atom stereocenters. The SMILES string of the molecule is CN=C(NCc1ccc(-n2nc(C)cc2C)nc1)NCC1(C)CCCO1.I. The fourth-order valence-corrected chi connectivity index (χ4v) is 3.16. The van der Waals surface area contributed by atoms with Gasteiger partial charge in [-0.3, -0.25) is 4.99 Å². The van der Waals surface area contributed by atoms with Gasteiger partial charge in [-0.25, -0.2) is 9.67 Å². The van der Waals surface area contributed by atoms with Crippen LogP contribution in [-0.2, 0) is 11.3 Å². The Bertz CT molecular complexity index is 765. The Morgan fingerprint density at radius 3 is 2.70 bits per heavy atom. The summed E-state index contributed by atoms with van der Waals surface area (Å²) in [7, 11) is 1.78. The van der Waals surface area contributed by atoms with E-state index in [9.17, 15) is 0 Å². The van der Waals surface area contributed by atoms with Crippen molar-refractivity contribution in [3.8, 4) is 5.82 Å². The number of rotatable bonds is 5. The van der Waals surface area contributed by atoms with Crippen LogP contribution in [0.25, 0.3) is 5.82 Å². The van der Waals surface area contributed by atoms with Gasteiger partial charge < -0.3 is 15.4 Å². The first-order valence-electron chi connectivity index (χ1n) is 9.06. The molecule has 2 N–H and O–H groups in total. The molecule has 148 valence electrons. The van der Waals surface area contributed by atoms with Crippen LogP contribution in [0, 0.1) is 13.8 Å². The lowest BCUT2D eigenvalue weighted by Crippen LogP contribution is -2.45. The molecule has 8 heteroatoms. The van der Waals surface area contributed by atoms with Crippen LogP contribution in [0.15, 0.2) is 29.4 Å². The molecule has 0 bridgehead atoms. The summed E-state index contributed by atoms with van der Waals surface area (Å²) in [4.78, 5) is 8.81. The van der Waals surface area contributed by atoms with Crippen LogP contribution in [0.2, 0.25) is 0 Å². The second-order valence-electron chi connectivity index (χ2n) is 7.04. The number of aliphatic imine (C=N–C) groups is 1. The predicted molar refractivity (Wildman–Crippen MR) is 118 cm³/mol. The van der Waals surface area contributed by atoms with E-state index in [0.29, 0.717) is 6.54 Å². The van der Waals surface area contributed by atoms with Gasteiger partial charge in [0.25, 0.3) is 0 Å². The average molecular weight is 484 g/mol. The number of pyridine rings is 1. The minimum atomic E-state index is -0.0966. The van der Waals surface area contributed by atoms with Crippen molar-refractivity contribution < 1.29 is 4.74 Å². The van der Waals surface area contributed by atoms with Gasteiger partial charge in [0.05, 0.1) is 11.3 Å². The van der Waals surface area contributed by atoms with E-state index in [1.807, 2.05) is 36.9 Å². The summed E-state index contributed by atoms with van der Waals surface area (Å²) in [5, 5.41) is 11.1. The summed E-state index contributed by atoms with van der Waals surface area (Å²) in [6, 6.07) is 6.09. The number of nitrogens with one attached hydrogen (secondary N) is 2. The van der Waals surface area contributed by atoms with Crippen LogP contribution in [0.3, 0.4) is 0 Å². The van der Waals surface area contributed by atoms with E-state index < -0.39 is 0 Å². The molecule has 2 aromatic heterocycles. The molecule has 1 aliphatic heterocycles. The number of nitrogens with zero attached hydrogens (tertiary/aromatic N) is 4. The molecule has 3 heterocycles. The van der Waals surface area contributed by atoms with E-state index in [1.165, 1.54) is 0 Å². The third-order valence-electron chi connectivity index (χ3n) is 4.65. The maximum Gasteiger partial charge on any atom is 0.191 e. The number of aryl methyl sites for hydroxylation is 2. The molecule has 1 saturated heterocycles. The van der Waals surface area contributed by atoms with Crippen LogP contribution in [-0.4, -0.2) is 46.5 Å². The Labute approximate surface area is 178 Å². The van der Waals surface area contributed by atoms with Gasteiger partial charge in [-0.05, 0) is 51.3 Å². The van der Waals surface area contributed by atoms with Crippen LogP contribution >= 0.6 is 24.0 Å². The van der Waals surface area contributed by atoms with E-state index in [4.69, 9.17) is 4.74 Å². The first-order valence-corrected chi connectivity index (χ1v) is 9.06. The standard InChI is InChI=1S/C19H28N6O.HI/c1-14-10-15(2)25(24-14)17-7-6-16(11-21-17)12-22-18(20-4)23-13-19(3)8-5-9-26-19;/h6-7,10-11H,5,8-9,12-13H2,1-4H3,(H2,20,22,23);1H. The molecule has 0 amide bonds. The van der Waals surface area contributed by atoms with Crippen LogP contribution in [0.5, 0.6) is 0 Å². The Kier molecular flexibility index (Phi) is 7.60. The topological polar surface area (TPSA) is 76.4 Å². The van der Waals surface area contributed by atoms with Gasteiger partial charge in [-0.1, -0.05) is 6.07 Å². The van der Waals surface area contributed by atoms with Crippen molar-refractivity contribution in [1.29, 1.82) is 0 Å². The first-order chi connectivity index (χ1) is 12.5. The zero-order valence-corrected chi connectivity index (χ0v) is 18.8. The monoisotopic (exact) mass is 484 g/mol. The van der Waals surface area contributed by atoms with Gasteiger partial charge >= 0.3 is 0 Å². The Hall–Kier alpha value is -1.68. The highest BCUT2D eigenvalue weighted by molar-refractivity contribution is 14.0. The Morgan fingerprint density at radius 1 is 1.33 bits per heavy atom. The third kappa shape index (κ3) is 5.65. The average Bonchev–Trinajstić information content (AvgIpc) is 3.21. The minimum Gasteiger partial charge on any atom is -0.373 e. The zero-order chi connectivity index (χ0) is 18.6. The molecule has 0 spiro atoms. The molecular weight excluding hydrogens is 455 g/mol. The highest BCUT2D eigenvalue weighted by Gasteiger charge is 2.29. The van der Waals surface area contributed by atoms with Crippen molar-refractivity contribution in [2.75, 3.05) is 20.2 Å². The molecule has 0 aromatic carbocycles. The van der Waals surface area contributed by atoms with Crippen molar-refractivity contribution in [1.82, 2.24) is 25.4 Å². The van der Waals surface area contributed by atoms with Gasteiger partial charge in [-0.15, -0.1) is 24.0 Å². The van der Waals surface area contributed by atoms with E-state index in [2.05, 4.69) is 38.7 Å². The Morgan fingerprint density at radius 2 is 2.15 bits per heavy atom. The number of halogens is 1. The number of hydrogen-bond donors (Lipinski definition) is 2. The van der Waals surface area contributed by atoms with E-state index in [0.717, 1.165) is 54.7 Å². The molecular formula is C19H29IN6O. The van der Waals surface area contributed by atoms with Crippen molar-refractivity contribution >= 4 is 29.9 Å². The quantitative estimate of drug-likeness (QED) is 0.388. The molecule has 1 aliphatic rings. The number of aromatic nitrogens is 3. The van der Waals surface area contributed by atoms with Gasteiger partial charge in [-0.2, -0.15) is 5.10 Å². The van der Waals surface area contributed by atoms with Crippen LogP contribution in [0.4, 0.5) is 0 Å². The lowest BCUT2D eigenvalue weighted by molar-refractivity contribution is 0.0243. The van der Waals surface area contributed by atoms with Crippen molar-refractivity contribution in [2.24, 2.45) is 4.99 Å². The molecule has 0 aliphatic carbocycles. The van der Waals surface area contributed by atoms with Gasteiger partial charge in [0, 0.05) is 38.6 Å². The summed E-state index contributed by atoms with van der Waals surface area (Å²) < 4.78 is 7.66. The predicted octanol–water partition coefficient (Wildman–Crippen LogP) is 2.74. The fraction of sp³-hybridized carbons (Fsp3) is 0.526. The summed E-state index contributed by atoms with van der Waals surface area (Å²) in [6.45, 7) is 8.40. The zero-order valence-electron chi connectivity index (χ0n) is 16.5. The molecule has 7 nitrogen and oxygen atoms in total. The number of ether oxygens (including phenoxy) is 1. The molecule has 1 fully saturated rings. The maximum atomic E-state index is 5.80. The third-order valence-corrected chi connectivity index (χ3v) is 4.65. The second-order valence-corrected chi connectivity index (χ2v) is 7.04. The smallest absolute Gasteiger partial charge is 0.191 e. The van der Waals surface area contributed by atoms with Crippen molar-refractivity contribution in [3.05, 3.63) is 41.3 Å². The number of guanidine groups is 1. The summed E-state index contributed by atoms with van der Waals surface area (Å²) in [5.41, 5.74) is 3.06. The van der Waals surface area contributed by atoms with Crippen LogP contribution < -0.4 is 10.6 Å². The molecule has 3 rings (SSSR count). The van der Waals surface area contributed by atoms with Gasteiger partial charge in [0.15, 0.2) is 11.8 Å². The molecule has 0 radical (unpaired) electrons. The van der Waals surface area contributed by atoms with Crippen molar-refractivity contribution in [2.45, 2.75) is 45.8 Å². The summed E-state index contributed by atoms with van der Waals surface area (Å²) in [6.07, 6.45) is 4.07. The second kappa shape index (κ2) is 9.50. The normalized spacial score (nSPS) is 19.6. The first kappa shape index (κ1) is 21.6. The van der Waals surface area contributed by atoms with E-state index in [1.54, 1.807) is 7.05 Å². The largest absolute Gasteiger partial charge is 0.373 e. The number of hydrogen-bond acceptors (Lipinski definition) is 4. The summed E-state index contributed by atoms with van der Waals surface area (Å²) >= 11 is 0. The van der Waals surface area contributed by atoms with E-state index in [-0.39, 0.29) is 29.6 Å². The summed E-state index contributed by atoms with van der Waals surface area (Å²) in [5.74, 6) is 1.59. The minimum absolute atomic E-state index is 0. The maximum absolute atomic E-state index is 5.80. The van der Waals surface area contributed by atoms with Gasteiger partial charge in [0.2, 0.25) is 0 Å². The van der Waals surface area contributed by atoms with E-state index >= 15 is 0 Å².